The highest BCUT2D eigenvalue weighted by molar-refractivity contribution is 5.73. The van der Waals surface area contributed by atoms with Gasteiger partial charge in [-0.3, -0.25) is 10.1 Å². The second kappa shape index (κ2) is 10.9. The average Bonchev–Trinajstić information content (AvgIpc) is 3.12. The van der Waals surface area contributed by atoms with E-state index in [1.165, 1.54) is 32.1 Å². The molecule has 1 unspecified atom stereocenters. The summed E-state index contributed by atoms with van der Waals surface area (Å²) in [5, 5.41) is 23.7. The van der Waals surface area contributed by atoms with Crippen molar-refractivity contribution in [2.45, 2.75) is 118 Å². The van der Waals surface area contributed by atoms with Crippen molar-refractivity contribution in [1.82, 2.24) is 19.9 Å². The second-order valence-electron chi connectivity index (χ2n) is 13.6. The van der Waals surface area contributed by atoms with Crippen molar-refractivity contribution in [2.24, 2.45) is 11.3 Å². The Kier molecular flexibility index (Phi) is 8.60. The van der Waals surface area contributed by atoms with E-state index in [-0.39, 0.29) is 17.4 Å². The van der Waals surface area contributed by atoms with Gasteiger partial charge in [-0.05, 0) is 51.7 Å². The molecule has 0 bridgehead atoms. The molecule has 7 heteroatoms. The Morgan fingerprint density at radius 2 is 1.65 bits per heavy atom. The van der Waals surface area contributed by atoms with Crippen molar-refractivity contribution in [3.05, 3.63) is 34.9 Å². The highest BCUT2D eigenvalue weighted by Crippen LogP contribution is 2.35. The van der Waals surface area contributed by atoms with E-state index in [1.54, 1.807) is 13.8 Å². The molecule has 0 saturated heterocycles. The zero-order valence-electron chi connectivity index (χ0n) is 24.4. The van der Waals surface area contributed by atoms with Crippen LogP contribution in [0.3, 0.4) is 0 Å². The van der Waals surface area contributed by atoms with Crippen LogP contribution in [0.2, 0.25) is 0 Å². The van der Waals surface area contributed by atoms with Crippen molar-refractivity contribution in [3.8, 4) is 11.4 Å². The molecule has 3 N–H and O–H groups in total. The van der Waals surface area contributed by atoms with Crippen LogP contribution in [0.4, 0.5) is 0 Å². The molecule has 1 saturated carbocycles. The van der Waals surface area contributed by atoms with Crippen LogP contribution in [0, 0.1) is 18.3 Å². The minimum absolute atomic E-state index is 0.139. The first-order valence-corrected chi connectivity index (χ1v) is 13.8. The SMILES string of the molecule is Cc1c(C(O)NCC(C)(C)C(=O)O)cc(-c2cc(C(C)(C)C)nc(C(C)(C)C)n2)n1CC1CCCCC1. The summed E-state index contributed by atoms with van der Waals surface area (Å²) in [4.78, 5) is 21.6. The predicted molar refractivity (Wildman–Crippen MR) is 149 cm³/mol. The number of aliphatic hydroxyl groups excluding tert-OH is 1. The molecule has 0 aromatic carbocycles. The Hall–Kier alpha value is -2.25. The number of aliphatic carboxylic acids is 1. The number of hydrogen-bond donors (Lipinski definition) is 3. The lowest BCUT2D eigenvalue weighted by Gasteiger charge is -2.26. The van der Waals surface area contributed by atoms with Crippen molar-refractivity contribution < 1.29 is 15.0 Å². The van der Waals surface area contributed by atoms with E-state index >= 15 is 0 Å². The van der Waals surface area contributed by atoms with Crippen molar-refractivity contribution in [2.75, 3.05) is 6.54 Å². The molecular formula is C30H48N4O3. The number of rotatable bonds is 8. The van der Waals surface area contributed by atoms with E-state index in [1.807, 2.05) is 13.0 Å². The molecule has 7 nitrogen and oxygen atoms in total. The fourth-order valence-electron chi connectivity index (χ4n) is 4.85. The molecule has 37 heavy (non-hydrogen) atoms. The number of nitrogens with zero attached hydrogens (tertiary/aromatic N) is 3. The van der Waals surface area contributed by atoms with Gasteiger partial charge in [-0.25, -0.2) is 9.97 Å². The van der Waals surface area contributed by atoms with E-state index < -0.39 is 17.6 Å². The van der Waals surface area contributed by atoms with Gasteiger partial charge in [0.25, 0.3) is 0 Å². The van der Waals surface area contributed by atoms with Gasteiger partial charge in [-0.15, -0.1) is 0 Å². The van der Waals surface area contributed by atoms with Gasteiger partial charge in [0.05, 0.1) is 22.5 Å². The number of carbonyl (C=O) groups is 1. The molecule has 1 aliphatic carbocycles. The van der Waals surface area contributed by atoms with Gasteiger partial charge >= 0.3 is 5.97 Å². The van der Waals surface area contributed by atoms with E-state index in [4.69, 9.17) is 9.97 Å². The molecular weight excluding hydrogens is 464 g/mol. The highest BCUT2D eigenvalue weighted by Gasteiger charge is 2.30. The van der Waals surface area contributed by atoms with Crippen LogP contribution in [0.25, 0.3) is 11.4 Å². The predicted octanol–water partition coefficient (Wildman–Crippen LogP) is 6.12. The quantitative estimate of drug-likeness (QED) is 0.368. The minimum Gasteiger partial charge on any atom is -0.481 e. The summed E-state index contributed by atoms with van der Waals surface area (Å²) in [7, 11) is 0. The summed E-state index contributed by atoms with van der Waals surface area (Å²) < 4.78 is 2.32. The van der Waals surface area contributed by atoms with Crippen molar-refractivity contribution in [3.63, 3.8) is 0 Å². The zero-order chi connectivity index (χ0) is 27.8. The zero-order valence-corrected chi connectivity index (χ0v) is 24.4. The third-order valence-corrected chi connectivity index (χ3v) is 7.61. The summed E-state index contributed by atoms with van der Waals surface area (Å²) in [6, 6.07) is 4.13. The van der Waals surface area contributed by atoms with Crippen LogP contribution in [-0.2, 0) is 22.2 Å². The molecule has 0 radical (unpaired) electrons. The highest BCUT2D eigenvalue weighted by atomic mass is 16.4. The topological polar surface area (TPSA) is 100 Å². The molecule has 2 aromatic rings. The summed E-state index contributed by atoms with van der Waals surface area (Å²) >= 11 is 0. The monoisotopic (exact) mass is 512 g/mol. The lowest BCUT2D eigenvalue weighted by molar-refractivity contribution is -0.146. The summed E-state index contributed by atoms with van der Waals surface area (Å²) in [5.41, 5.74) is 3.26. The van der Waals surface area contributed by atoms with Crippen molar-refractivity contribution in [1.29, 1.82) is 0 Å². The first-order chi connectivity index (χ1) is 17.0. The van der Waals surface area contributed by atoms with Gasteiger partial charge in [0.1, 0.15) is 12.1 Å². The number of nitrogens with one attached hydrogen (secondary N) is 1. The second-order valence-corrected chi connectivity index (χ2v) is 13.6. The van der Waals surface area contributed by atoms with E-state index in [2.05, 4.69) is 57.5 Å². The number of carboxylic acid groups (broad SMARTS) is 1. The van der Waals surface area contributed by atoms with Crippen LogP contribution >= 0.6 is 0 Å². The lowest BCUT2D eigenvalue weighted by atomic mass is 9.89. The first-order valence-electron chi connectivity index (χ1n) is 13.8. The summed E-state index contributed by atoms with van der Waals surface area (Å²) in [6.07, 6.45) is 5.27. The molecule has 2 aromatic heterocycles. The van der Waals surface area contributed by atoms with E-state index in [0.717, 1.165) is 40.7 Å². The van der Waals surface area contributed by atoms with Gasteiger partial charge in [0.2, 0.25) is 0 Å². The van der Waals surface area contributed by atoms with Crippen LogP contribution in [-0.4, -0.2) is 37.3 Å². The fourth-order valence-corrected chi connectivity index (χ4v) is 4.85. The number of carboxylic acids is 1. The average molecular weight is 513 g/mol. The Morgan fingerprint density at radius 1 is 1.03 bits per heavy atom. The summed E-state index contributed by atoms with van der Waals surface area (Å²) in [6.45, 7) is 19.3. The maximum Gasteiger partial charge on any atom is 0.310 e. The van der Waals surface area contributed by atoms with E-state index in [0.29, 0.717) is 5.92 Å². The normalized spacial score (nSPS) is 16.7. The Labute approximate surface area is 223 Å². The maximum atomic E-state index is 11.6. The third kappa shape index (κ3) is 6.99. The number of hydrogen-bond acceptors (Lipinski definition) is 5. The van der Waals surface area contributed by atoms with Gasteiger partial charge < -0.3 is 14.8 Å². The largest absolute Gasteiger partial charge is 0.481 e. The molecule has 0 amide bonds. The smallest absolute Gasteiger partial charge is 0.310 e. The van der Waals surface area contributed by atoms with Crippen molar-refractivity contribution >= 4 is 5.97 Å². The molecule has 0 spiro atoms. The molecule has 1 aliphatic rings. The Bertz CT molecular complexity index is 1070. The minimum atomic E-state index is -0.988. The fraction of sp³-hybridized carbons (Fsp3) is 0.700. The van der Waals surface area contributed by atoms with Gasteiger partial charge in [-0.1, -0.05) is 60.8 Å². The Morgan fingerprint density at radius 3 is 2.19 bits per heavy atom. The maximum absolute atomic E-state index is 11.6. The van der Waals surface area contributed by atoms with Crippen LogP contribution < -0.4 is 5.32 Å². The number of aromatic nitrogens is 3. The molecule has 1 atom stereocenters. The van der Waals surface area contributed by atoms with E-state index in [9.17, 15) is 15.0 Å². The van der Waals surface area contributed by atoms with Gasteiger partial charge in [-0.2, -0.15) is 0 Å². The van der Waals surface area contributed by atoms with Crippen LogP contribution in [0.5, 0.6) is 0 Å². The molecule has 3 rings (SSSR count). The van der Waals surface area contributed by atoms with Gasteiger partial charge in [0.15, 0.2) is 0 Å². The molecule has 0 aliphatic heterocycles. The Balaban J connectivity index is 2.11. The standard InChI is InChI=1S/C30H48N4O3/c1-19-21(25(35)31-18-30(8,9)27(36)37)15-23(34(19)17-20-13-11-10-12-14-20)22-16-24(28(2,3)4)33-26(32-22)29(5,6)7/h15-16,20,25,31,35H,10-14,17-18H2,1-9H3,(H,36,37). The van der Waals surface area contributed by atoms with Crippen LogP contribution in [0.1, 0.15) is 116 Å². The molecule has 2 heterocycles. The molecule has 1 fully saturated rings. The first kappa shape index (κ1) is 29.3. The van der Waals surface area contributed by atoms with Gasteiger partial charge in [0, 0.05) is 35.2 Å². The number of aliphatic hydroxyl groups is 1. The molecule has 206 valence electrons. The third-order valence-electron chi connectivity index (χ3n) is 7.61. The lowest BCUT2D eigenvalue weighted by Crippen LogP contribution is -2.37. The van der Waals surface area contributed by atoms with Crippen LogP contribution in [0.15, 0.2) is 12.1 Å². The summed E-state index contributed by atoms with van der Waals surface area (Å²) in [5.74, 6) is 0.500.